The fraction of sp³-hybridized carbons (Fsp3) is 0.0312. The van der Waals surface area contributed by atoms with Crippen molar-refractivity contribution in [3.63, 3.8) is 0 Å². The molecule has 0 saturated carbocycles. The Morgan fingerprint density at radius 2 is 0.559 bits per heavy atom. The number of hydrogen-bond donors (Lipinski definition) is 0. The normalized spacial score (nSPS) is 10.5. The van der Waals surface area contributed by atoms with Crippen molar-refractivity contribution in [2.45, 2.75) is 0 Å². The number of benzene rings is 11. The summed E-state index contributed by atoms with van der Waals surface area (Å²) in [6, 6.07) is 89.9. The van der Waals surface area contributed by atoms with Gasteiger partial charge in [-0.1, -0.05) is 222 Å². The van der Waals surface area contributed by atoms with E-state index >= 15 is 0 Å². The van der Waals surface area contributed by atoms with Crippen molar-refractivity contribution in [2.24, 2.45) is 0 Å². The zero-order chi connectivity index (χ0) is 44.9. The first-order valence-corrected chi connectivity index (χ1v) is 25.8. The van der Waals surface area contributed by atoms with Crippen LogP contribution in [0.3, 0.4) is 0 Å². The first kappa shape index (κ1) is 49.8. The first-order valence-electron chi connectivity index (χ1n) is 22.4. The van der Waals surface area contributed by atoms with E-state index in [9.17, 15) is 0 Å². The van der Waals surface area contributed by atoms with Gasteiger partial charge >= 0.3 is 44.8 Å². The SMILES string of the molecule is [Ag+].[Ag+].[C-]#Cc1c2ccccc2c(-c2ccccc2)c2ccccc12.[C-]#Cc1c2ccccc2cc2ccccc12.c1ccc([PH+](CC[PH+](c2ccccc2)c2ccccc2)c2ccccc2)cc1. The Morgan fingerprint density at radius 3 is 0.897 bits per heavy atom. The molecule has 0 aliphatic heterocycles. The zero-order valence-corrected chi connectivity index (χ0v) is 42.2. The largest absolute Gasteiger partial charge is 1.00 e. The molecular weight excluding hydrogens is 1050 g/mol. The standard InChI is InChI=1S/C26H24P2.C22H13.C16H9.2Ag/c1-5-13-23(14-6-1)27(24-15-7-2-8-16-24)21-22-28(25-17-9-3-10-18-25)26-19-11-4-12-20-26;1-2-17-18-12-6-8-14-20(18)22(16-10-4-3-5-11-16)21-15-9-7-13-19(17)21;1-2-14-15-9-5-3-7-12(15)11-13-8-4-6-10-16(13)14;;/h1-20H,21-22H2;3-15H;3-11H;;/q;2*-1;2*+1/p+2. The van der Waals surface area contributed by atoms with Gasteiger partial charge in [0.2, 0.25) is 0 Å². The van der Waals surface area contributed by atoms with Crippen LogP contribution in [-0.2, 0) is 44.8 Å². The van der Waals surface area contributed by atoms with Crippen LogP contribution in [0.15, 0.2) is 255 Å². The summed E-state index contributed by atoms with van der Waals surface area (Å²) in [5.74, 6) is 5.20. The molecule has 0 saturated heterocycles. The molecule has 0 unspecified atom stereocenters. The van der Waals surface area contributed by atoms with E-state index in [1.54, 1.807) is 0 Å². The van der Waals surface area contributed by atoms with Gasteiger partial charge in [-0.2, -0.15) is 0 Å². The summed E-state index contributed by atoms with van der Waals surface area (Å²) in [4.78, 5) is 0. The third-order valence-corrected chi connectivity index (χ3v) is 18.3. The minimum atomic E-state index is -0.783. The van der Waals surface area contributed by atoms with Crippen LogP contribution in [-0.4, -0.2) is 12.3 Å². The van der Waals surface area contributed by atoms with E-state index in [0.717, 1.165) is 43.4 Å². The minimum absolute atomic E-state index is 0. The first-order chi connectivity index (χ1) is 32.7. The Morgan fingerprint density at radius 1 is 0.294 bits per heavy atom. The van der Waals surface area contributed by atoms with Crippen molar-refractivity contribution >= 4 is 80.2 Å². The van der Waals surface area contributed by atoms with E-state index in [1.807, 2.05) is 54.6 Å². The van der Waals surface area contributed by atoms with Gasteiger partial charge in [0.15, 0.2) is 0 Å². The van der Waals surface area contributed by atoms with Gasteiger partial charge < -0.3 is 12.8 Å². The summed E-state index contributed by atoms with van der Waals surface area (Å²) in [6.45, 7) is 0. The molecule has 0 radical (unpaired) electrons. The summed E-state index contributed by atoms with van der Waals surface area (Å²) in [5, 5.41) is 15.1. The molecule has 0 nitrogen and oxygen atoms in total. The molecule has 0 heterocycles. The summed E-state index contributed by atoms with van der Waals surface area (Å²) in [5.41, 5.74) is 4.18. The smallest absolute Gasteiger partial charge is 0.366 e. The van der Waals surface area contributed by atoms with Crippen LogP contribution in [0.2, 0.25) is 0 Å². The molecule has 0 aliphatic carbocycles. The Labute approximate surface area is 435 Å². The van der Waals surface area contributed by atoms with Gasteiger partial charge in [0.1, 0.15) is 12.3 Å². The summed E-state index contributed by atoms with van der Waals surface area (Å²) < 4.78 is 0. The van der Waals surface area contributed by atoms with E-state index in [0.29, 0.717) is 0 Å². The van der Waals surface area contributed by atoms with E-state index in [4.69, 9.17) is 12.8 Å². The molecular formula is C64H48Ag2P2+2. The fourth-order valence-corrected chi connectivity index (χ4v) is 15.2. The third-order valence-electron chi connectivity index (χ3n) is 12.1. The van der Waals surface area contributed by atoms with Gasteiger partial charge in [-0.25, -0.2) is 0 Å². The summed E-state index contributed by atoms with van der Waals surface area (Å²) >= 11 is 0. The van der Waals surface area contributed by atoms with Crippen LogP contribution in [0.4, 0.5) is 0 Å². The molecule has 334 valence electrons. The Balaban J connectivity index is 0.000000154. The summed E-state index contributed by atoms with van der Waals surface area (Å²) in [7, 11) is -1.57. The van der Waals surface area contributed by atoms with Crippen molar-refractivity contribution in [1.82, 2.24) is 0 Å². The fourth-order valence-electron chi connectivity index (χ4n) is 9.05. The van der Waals surface area contributed by atoms with Crippen LogP contribution < -0.4 is 21.2 Å². The van der Waals surface area contributed by atoms with Crippen molar-refractivity contribution in [3.05, 3.63) is 279 Å². The average molecular weight is 1090 g/mol. The van der Waals surface area contributed by atoms with E-state index in [1.165, 1.54) is 55.4 Å². The minimum Gasteiger partial charge on any atom is -0.366 e. The Kier molecular flexibility index (Phi) is 18.2. The average Bonchev–Trinajstić information content (AvgIpc) is 3.40. The topological polar surface area (TPSA) is 0 Å². The molecule has 11 aromatic carbocycles. The van der Waals surface area contributed by atoms with Crippen molar-refractivity contribution in [1.29, 1.82) is 0 Å². The van der Waals surface area contributed by atoms with Gasteiger partial charge in [-0.3, -0.25) is 11.8 Å². The molecule has 0 fully saturated rings. The van der Waals surface area contributed by atoms with Crippen molar-refractivity contribution in [3.8, 4) is 23.0 Å². The van der Waals surface area contributed by atoms with Crippen LogP contribution >= 0.6 is 15.8 Å². The molecule has 0 aliphatic rings. The maximum Gasteiger partial charge on any atom is 1.00 e. The van der Waals surface area contributed by atoms with Crippen molar-refractivity contribution in [2.75, 3.05) is 12.3 Å². The molecule has 4 heteroatoms. The maximum atomic E-state index is 7.73. The van der Waals surface area contributed by atoms with E-state index in [-0.39, 0.29) is 44.8 Å². The van der Waals surface area contributed by atoms with Crippen LogP contribution in [0.25, 0.3) is 54.2 Å². The van der Waals surface area contributed by atoms with Crippen LogP contribution in [0.5, 0.6) is 0 Å². The third kappa shape index (κ3) is 11.4. The molecule has 0 amide bonds. The molecule has 0 bridgehead atoms. The van der Waals surface area contributed by atoms with Gasteiger partial charge in [0.25, 0.3) is 0 Å². The molecule has 11 aromatic rings. The number of hydrogen-bond acceptors (Lipinski definition) is 0. The molecule has 0 spiro atoms. The Bertz CT molecular complexity index is 3170. The van der Waals surface area contributed by atoms with Crippen molar-refractivity contribution < 1.29 is 44.8 Å². The van der Waals surface area contributed by atoms with Gasteiger partial charge in [-0.05, 0) is 87.3 Å². The summed E-state index contributed by atoms with van der Waals surface area (Å²) in [6.07, 6.45) is 17.7. The second kappa shape index (κ2) is 24.8. The zero-order valence-electron chi connectivity index (χ0n) is 37.3. The second-order valence-electron chi connectivity index (χ2n) is 16.1. The predicted molar refractivity (Wildman–Crippen MR) is 291 cm³/mol. The van der Waals surface area contributed by atoms with E-state index < -0.39 is 15.8 Å². The van der Waals surface area contributed by atoms with Gasteiger partial charge in [0.05, 0.1) is 37.1 Å². The van der Waals surface area contributed by atoms with Gasteiger partial charge in [0, 0.05) is 0 Å². The van der Waals surface area contributed by atoms with Crippen LogP contribution in [0, 0.1) is 24.7 Å². The monoisotopic (exact) mass is 1090 g/mol. The van der Waals surface area contributed by atoms with E-state index in [2.05, 4.69) is 212 Å². The Hall–Kier alpha value is -6.08. The van der Waals surface area contributed by atoms with Crippen LogP contribution in [0.1, 0.15) is 11.1 Å². The second-order valence-corrected chi connectivity index (χ2v) is 21.3. The predicted octanol–water partition coefficient (Wildman–Crippen LogP) is 14.2. The quantitative estimate of drug-likeness (QED) is 0.0468. The number of rotatable bonds is 8. The molecule has 0 atom stereocenters. The molecule has 0 aromatic heterocycles. The molecule has 68 heavy (non-hydrogen) atoms. The number of fused-ring (bicyclic) bond motifs is 4. The molecule has 0 N–H and O–H groups in total. The van der Waals surface area contributed by atoms with Gasteiger partial charge in [-0.15, -0.1) is 11.1 Å². The maximum absolute atomic E-state index is 7.73. The molecule has 11 rings (SSSR count).